The molecule has 80 valence electrons. The molecule has 2 bridgehead atoms. The monoisotopic (exact) mass is 206 g/mol. The van der Waals surface area contributed by atoms with E-state index in [4.69, 9.17) is 4.74 Å². The highest BCUT2D eigenvalue weighted by atomic mass is 16.6. The smallest absolute Gasteiger partial charge is 0.317 e. The van der Waals surface area contributed by atoms with Gasteiger partial charge in [0.2, 0.25) is 0 Å². The first-order valence-corrected chi connectivity index (χ1v) is 5.62. The summed E-state index contributed by atoms with van der Waals surface area (Å²) in [6, 6.07) is 0. The molecule has 1 aliphatic heterocycles. The molecule has 0 spiro atoms. The van der Waals surface area contributed by atoms with Gasteiger partial charge in [-0.3, -0.25) is 9.59 Å². The summed E-state index contributed by atoms with van der Waals surface area (Å²) in [5, 5.41) is 0. The third-order valence-corrected chi connectivity index (χ3v) is 4.23. The number of rotatable bonds is 0. The number of esters is 2. The van der Waals surface area contributed by atoms with Crippen molar-refractivity contribution in [2.45, 2.75) is 19.8 Å². The van der Waals surface area contributed by atoms with Crippen molar-refractivity contribution in [2.24, 2.45) is 29.6 Å². The zero-order valence-corrected chi connectivity index (χ0v) is 8.68. The minimum Gasteiger partial charge on any atom is -0.393 e. The first-order valence-electron chi connectivity index (χ1n) is 5.62. The van der Waals surface area contributed by atoms with Crippen molar-refractivity contribution < 1.29 is 14.3 Å². The molecule has 0 radical (unpaired) electrons. The Morgan fingerprint density at radius 1 is 1.13 bits per heavy atom. The fraction of sp³-hybridized carbons (Fsp3) is 0.667. The van der Waals surface area contributed by atoms with Gasteiger partial charge >= 0.3 is 11.9 Å². The Morgan fingerprint density at radius 3 is 2.47 bits per heavy atom. The highest BCUT2D eigenvalue weighted by Gasteiger charge is 2.53. The lowest BCUT2D eigenvalue weighted by molar-refractivity contribution is -0.181. The highest BCUT2D eigenvalue weighted by Crippen LogP contribution is 2.50. The van der Waals surface area contributed by atoms with Crippen LogP contribution in [0.25, 0.3) is 0 Å². The number of carbonyl (C=O) groups excluding carboxylic acids is 2. The van der Waals surface area contributed by atoms with E-state index in [1.54, 1.807) is 0 Å². The van der Waals surface area contributed by atoms with Crippen LogP contribution >= 0.6 is 0 Å². The quantitative estimate of drug-likeness (QED) is 0.343. The van der Waals surface area contributed by atoms with Crippen molar-refractivity contribution in [3.8, 4) is 0 Å². The number of carbonyl (C=O) groups is 2. The van der Waals surface area contributed by atoms with E-state index in [0.717, 1.165) is 12.8 Å². The van der Waals surface area contributed by atoms with Crippen molar-refractivity contribution in [3.63, 3.8) is 0 Å². The zero-order chi connectivity index (χ0) is 10.6. The van der Waals surface area contributed by atoms with E-state index in [9.17, 15) is 9.59 Å². The lowest BCUT2D eigenvalue weighted by atomic mass is 9.58. The van der Waals surface area contributed by atoms with Gasteiger partial charge in [-0.15, -0.1) is 0 Å². The third-order valence-electron chi connectivity index (χ3n) is 4.23. The molecule has 4 aliphatic rings. The third kappa shape index (κ3) is 1.12. The van der Waals surface area contributed by atoms with Gasteiger partial charge < -0.3 is 4.74 Å². The Morgan fingerprint density at radius 2 is 1.80 bits per heavy atom. The van der Waals surface area contributed by atoms with Gasteiger partial charge in [0.05, 0.1) is 11.8 Å². The highest BCUT2D eigenvalue weighted by molar-refractivity contribution is 5.91. The molecule has 1 saturated heterocycles. The predicted molar refractivity (Wildman–Crippen MR) is 52.6 cm³/mol. The molecule has 4 rings (SSSR count). The Kier molecular flexibility index (Phi) is 1.79. The van der Waals surface area contributed by atoms with Crippen LogP contribution in [0, 0.1) is 29.6 Å². The summed E-state index contributed by atoms with van der Waals surface area (Å²) in [6.07, 6.45) is 6.52. The van der Waals surface area contributed by atoms with Crippen molar-refractivity contribution in [3.05, 3.63) is 12.2 Å². The summed E-state index contributed by atoms with van der Waals surface area (Å²) >= 11 is 0. The normalized spacial score (nSPS) is 47.7. The molecule has 0 N–H and O–H groups in total. The van der Waals surface area contributed by atoms with Gasteiger partial charge in [-0.2, -0.15) is 0 Å². The van der Waals surface area contributed by atoms with Gasteiger partial charge in [0.15, 0.2) is 0 Å². The topological polar surface area (TPSA) is 43.4 Å². The first-order chi connectivity index (χ1) is 7.18. The maximum atomic E-state index is 11.7. The van der Waals surface area contributed by atoms with Crippen LogP contribution in [0.3, 0.4) is 0 Å². The second kappa shape index (κ2) is 2.94. The second-order valence-electron chi connectivity index (χ2n) is 4.92. The van der Waals surface area contributed by atoms with E-state index in [1.165, 1.54) is 0 Å². The minimum absolute atomic E-state index is 0.0542. The summed E-state index contributed by atoms with van der Waals surface area (Å²) in [7, 11) is 0. The number of fused-ring (bicyclic) bond motifs is 1. The van der Waals surface area contributed by atoms with E-state index < -0.39 is 0 Å². The molecule has 0 amide bonds. The average molecular weight is 206 g/mol. The number of hydrogen-bond donors (Lipinski definition) is 0. The molecule has 3 nitrogen and oxygen atoms in total. The lowest BCUT2D eigenvalue weighted by Crippen LogP contribution is -2.51. The molecular formula is C12H14O3. The molecule has 3 heteroatoms. The van der Waals surface area contributed by atoms with Gasteiger partial charge in [0, 0.05) is 0 Å². The Hall–Kier alpha value is -1.12. The van der Waals surface area contributed by atoms with Crippen LogP contribution < -0.4 is 0 Å². The van der Waals surface area contributed by atoms with E-state index in [-0.39, 0.29) is 29.7 Å². The molecular weight excluding hydrogens is 192 g/mol. The van der Waals surface area contributed by atoms with Gasteiger partial charge in [0.25, 0.3) is 0 Å². The number of hydrogen-bond acceptors (Lipinski definition) is 3. The molecule has 3 aliphatic carbocycles. The fourth-order valence-electron chi connectivity index (χ4n) is 3.47. The van der Waals surface area contributed by atoms with Crippen molar-refractivity contribution >= 4 is 11.9 Å². The minimum atomic E-state index is -0.331. The maximum absolute atomic E-state index is 11.7. The summed E-state index contributed by atoms with van der Waals surface area (Å²) < 4.78 is 4.81. The molecule has 0 aromatic carbocycles. The Bertz CT molecular complexity index is 358. The predicted octanol–water partition coefficient (Wildman–Crippen LogP) is 1.53. The van der Waals surface area contributed by atoms with Gasteiger partial charge in [-0.25, -0.2) is 0 Å². The molecule has 1 heterocycles. The van der Waals surface area contributed by atoms with Crippen LogP contribution in [-0.4, -0.2) is 11.9 Å². The molecule has 0 aromatic rings. The number of cyclic esters (lactones) is 2. The van der Waals surface area contributed by atoms with Crippen molar-refractivity contribution in [2.75, 3.05) is 0 Å². The van der Waals surface area contributed by atoms with Crippen LogP contribution in [0.4, 0.5) is 0 Å². The van der Waals surface area contributed by atoms with E-state index in [0.29, 0.717) is 11.8 Å². The standard InChI is InChI=1S/C12H14O3/c1-6-9-7-2-4-8(5-3-7)10(9)12(14)15-11(6)13/h2,4,6-10H,3,5H2,1H3/t6-,7?,8?,9+,10?/m1/s1. The van der Waals surface area contributed by atoms with Crippen LogP contribution in [0.5, 0.6) is 0 Å². The van der Waals surface area contributed by atoms with Crippen LogP contribution in [0.1, 0.15) is 19.8 Å². The maximum Gasteiger partial charge on any atom is 0.317 e. The zero-order valence-electron chi connectivity index (χ0n) is 8.68. The molecule has 2 fully saturated rings. The number of allylic oxidation sites excluding steroid dienone is 2. The van der Waals surface area contributed by atoms with Crippen LogP contribution in [0.15, 0.2) is 12.2 Å². The van der Waals surface area contributed by atoms with E-state index in [2.05, 4.69) is 12.2 Å². The largest absolute Gasteiger partial charge is 0.393 e. The fourth-order valence-corrected chi connectivity index (χ4v) is 3.47. The second-order valence-corrected chi connectivity index (χ2v) is 4.92. The summed E-state index contributed by atoms with van der Waals surface area (Å²) in [5.41, 5.74) is 0. The molecule has 3 unspecified atom stereocenters. The van der Waals surface area contributed by atoms with E-state index in [1.807, 2.05) is 6.92 Å². The summed E-state index contributed by atoms with van der Waals surface area (Å²) in [5.74, 6) is 0.119. The van der Waals surface area contributed by atoms with Gasteiger partial charge in [0.1, 0.15) is 0 Å². The van der Waals surface area contributed by atoms with Crippen molar-refractivity contribution in [1.82, 2.24) is 0 Å². The number of ether oxygens (including phenoxy) is 1. The lowest BCUT2D eigenvalue weighted by Gasteiger charge is -2.47. The molecule has 15 heavy (non-hydrogen) atoms. The summed E-state index contributed by atoms with van der Waals surface area (Å²) in [4.78, 5) is 23.2. The Labute approximate surface area is 88.5 Å². The molecule has 0 aromatic heterocycles. The van der Waals surface area contributed by atoms with Crippen LogP contribution in [0.2, 0.25) is 0 Å². The van der Waals surface area contributed by atoms with Gasteiger partial charge in [-0.1, -0.05) is 19.1 Å². The Balaban J connectivity index is 2.02. The first kappa shape index (κ1) is 9.13. The molecule has 5 atom stereocenters. The molecule has 1 saturated carbocycles. The van der Waals surface area contributed by atoms with Crippen LogP contribution in [-0.2, 0) is 14.3 Å². The van der Waals surface area contributed by atoms with Gasteiger partial charge in [-0.05, 0) is 30.6 Å². The van der Waals surface area contributed by atoms with Crippen molar-refractivity contribution in [1.29, 1.82) is 0 Å². The van der Waals surface area contributed by atoms with E-state index >= 15 is 0 Å². The SMILES string of the molecule is C[C@H]1C(=O)OC(=O)C2C3C=CC(CC3)[C@@H]21. The summed E-state index contributed by atoms with van der Waals surface area (Å²) in [6.45, 7) is 1.89. The average Bonchev–Trinajstić information content (AvgIpc) is 2.26.